The van der Waals surface area contributed by atoms with E-state index in [0.29, 0.717) is 15.8 Å². The second kappa shape index (κ2) is 8.38. The van der Waals surface area contributed by atoms with Gasteiger partial charge in [0.15, 0.2) is 5.13 Å². The van der Waals surface area contributed by atoms with Crippen LogP contribution in [0.2, 0.25) is 5.02 Å². The SMILES string of the molecule is COC(=O)c1cc(C(=O)Nc2nc(-c3ccc(Cl)cc3)c(C)s2)cc([N+](=O)[O-])c1. The maximum absolute atomic E-state index is 12.6. The van der Waals surface area contributed by atoms with Gasteiger partial charge in [0.25, 0.3) is 11.6 Å². The van der Waals surface area contributed by atoms with Gasteiger partial charge in [-0.1, -0.05) is 23.7 Å². The summed E-state index contributed by atoms with van der Waals surface area (Å²) in [6.07, 6.45) is 0. The molecule has 1 N–H and O–H groups in total. The number of carbonyl (C=O) groups is 2. The van der Waals surface area contributed by atoms with Gasteiger partial charge >= 0.3 is 5.97 Å². The molecule has 0 saturated carbocycles. The van der Waals surface area contributed by atoms with Gasteiger partial charge in [-0.15, -0.1) is 11.3 Å². The molecular formula is C19H14ClN3O5S. The first kappa shape index (κ1) is 20.4. The number of amides is 1. The zero-order valence-corrected chi connectivity index (χ0v) is 16.8. The molecule has 3 aromatic rings. The quantitative estimate of drug-likeness (QED) is 0.355. The first-order valence-corrected chi connectivity index (χ1v) is 9.40. The fraction of sp³-hybridized carbons (Fsp3) is 0.105. The van der Waals surface area contributed by atoms with Crippen molar-refractivity contribution >= 4 is 45.6 Å². The van der Waals surface area contributed by atoms with Crippen LogP contribution < -0.4 is 5.32 Å². The molecule has 0 fully saturated rings. The number of carbonyl (C=O) groups excluding carboxylic acids is 2. The first-order chi connectivity index (χ1) is 13.8. The lowest BCUT2D eigenvalue weighted by Gasteiger charge is -2.05. The smallest absolute Gasteiger partial charge is 0.338 e. The van der Waals surface area contributed by atoms with Gasteiger partial charge in [0.2, 0.25) is 0 Å². The Hall–Kier alpha value is -3.30. The van der Waals surface area contributed by atoms with Crippen molar-refractivity contribution in [1.82, 2.24) is 4.98 Å². The molecule has 3 rings (SSSR count). The van der Waals surface area contributed by atoms with E-state index in [1.165, 1.54) is 17.4 Å². The number of nitro benzene ring substituents is 1. The highest BCUT2D eigenvalue weighted by Gasteiger charge is 2.20. The fourth-order valence-electron chi connectivity index (χ4n) is 2.58. The molecule has 0 radical (unpaired) electrons. The van der Waals surface area contributed by atoms with Gasteiger partial charge in [-0.2, -0.15) is 0 Å². The van der Waals surface area contributed by atoms with Crippen LogP contribution in [-0.4, -0.2) is 28.9 Å². The number of benzene rings is 2. The van der Waals surface area contributed by atoms with Gasteiger partial charge in [-0.3, -0.25) is 20.2 Å². The number of nitrogens with zero attached hydrogens (tertiary/aromatic N) is 2. The number of anilines is 1. The molecule has 29 heavy (non-hydrogen) atoms. The highest BCUT2D eigenvalue weighted by atomic mass is 35.5. The molecule has 0 aliphatic carbocycles. The van der Waals surface area contributed by atoms with E-state index >= 15 is 0 Å². The molecule has 1 heterocycles. The van der Waals surface area contributed by atoms with Crippen molar-refractivity contribution in [3.63, 3.8) is 0 Å². The number of halogens is 1. The van der Waals surface area contributed by atoms with Gasteiger partial charge in [-0.05, 0) is 25.1 Å². The van der Waals surface area contributed by atoms with Crippen molar-refractivity contribution in [3.05, 3.63) is 73.6 Å². The van der Waals surface area contributed by atoms with E-state index in [-0.39, 0.29) is 11.1 Å². The van der Waals surface area contributed by atoms with E-state index in [9.17, 15) is 19.7 Å². The van der Waals surface area contributed by atoms with Crippen molar-refractivity contribution in [2.75, 3.05) is 12.4 Å². The summed E-state index contributed by atoms with van der Waals surface area (Å²) in [5.41, 5.74) is 0.989. The van der Waals surface area contributed by atoms with Crippen molar-refractivity contribution in [3.8, 4) is 11.3 Å². The lowest BCUT2D eigenvalue weighted by molar-refractivity contribution is -0.384. The fourth-order valence-corrected chi connectivity index (χ4v) is 3.53. The van der Waals surface area contributed by atoms with E-state index in [0.717, 1.165) is 29.7 Å². The van der Waals surface area contributed by atoms with Crippen molar-refractivity contribution in [2.24, 2.45) is 0 Å². The molecule has 0 bridgehead atoms. The van der Waals surface area contributed by atoms with Crippen LogP contribution in [-0.2, 0) is 4.74 Å². The number of thiazole rings is 1. The van der Waals surface area contributed by atoms with Crippen LogP contribution in [0.4, 0.5) is 10.8 Å². The lowest BCUT2D eigenvalue weighted by Crippen LogP contribution is -2.13. The molecule has 0 unspecified atom stereocenters. The Balaban J connectivity index is 1.90. The van der Waals surface area contributed by atoms with E-state index in [1.807, 2.05) is 19.1 Å². The van der Waals surface area contributed by atoms with Crippen molar-refractivity contribution in [1.29, 1.82) is 0 Å². The number of ether oxygens (including phenoxy) is 1. The minimum atomic E-state index is -0.780. The molecular weight excluding hydrogens is 418 g/mol. The second-order valence-corrected chi connectivity index (χ2v) is 7.54. The highest BCUT2D eigenvalue weighted by Crippen LogP contribution is 2.31. The summed E-state index contributed by atoms with van der Waals surface area (Å²) in [5.74, 6) is -1.41. The van der Waals surface area contributed by atoms with Crippen molar-refractivity contribution in [2.45, 2.75) is 6.92 Å². The third-order valence-corrected chi connectivity index (χ3v) is 5.08. The number of hydrogen-bond donors (Lipinski definition) is 1. The van der Waals surface area contributed by atoms with Crippen LogP contribution in [0.3, 0.4) is 0 Å². The van der Waals surface area contributed by atoms with Gasteiger partial charge in [-0.25, -0.2) is 9.78 Å². The van der Waals surface area contributed by atoms with Crippen LogP contribution in [0, 0.1) is 17.0 Å². The number of nitro groups is 1. The molecule has 8 nitrogen and oxygen atoms in total. The maximum Gasteiger partial charge on any atom is 0.338 e. The largest absolute Gasteiger partial charge is 0.465 e. The first-order valence-electron chi connectivity index (χ1n) is 8.21. The Bertz CT molecular complexity index is 1110. The summed E-state index contributed by atoms with van der Waals surface area (Å²) in [6, 6.07) is 10.5. The highest BCUT2D eigenvalue weighted by molar-refractivity contribution is 7.16. The molecule has 10 heteroatoms. The lowest BCUT2D eigenvalue weighted by atomic mass is 10.1. The van der Waals surface area contributed by atoms with E-state index < -0.39 is 22.5 Å². The maximum atomic E-state index is 12.6. The van der Waals surface area contributed by atoms with Gasteiger partial charge in [0.05, 0.1) is 23.3 Å². The number of aromatic nitrogens is 1. The Morgan fingerprint density at radius 1 is 1.17 bits per heavy atom. The summed E-state index contributed by atoms with van der Waals surface area (Å²) in [5, 5.41) is 14.7. The van der Waals surface area contributed by atoms with Crippen molar-refractivity contribution < 1.29 is 19.2 Å². The number of rotatable bonds is 5. The standard InChI is InChI=1S/C19H14ClN3O5S/c1-10-16(11-3-5-14(20)6-4-11)21-19(29-10)22-17(24)12-7-13(18(25)28-2)9-15(8-12)23(26)27/h3-9H,1-2H3,(H,21,22,24). The number of methoxy groups -OCH3 is 1. The Kier molecular flexibility index (Phi) is 5.90. The summed E-state index contributed by atoms with van der Waals surface area (Å²) in [4.78, 5) is 40.1. The Morgan fingerprint density at radius 3 is 2.45 bits per heavy atom. The normalized spacial score (nSPS) is 10.4. The molecule has 1 amide bonds. The average Bonchev–Trinajstić information content (AvgIpc) is 3.07. The molecule has 0 saturated heterocycles. The van der Waals surface area contributed by atoms with E-state index in [2.05, 4.69) is 15.0 Å². The van der Waals surface area contributed by atoms with E-state index in [4.69, 9.17) is 11.6 Å². The minimum Gasteiger partial charge on any atom is -0.465 e. The number of aryl methyl sites for hydroxylation is 1. The molecule has 0 atom stereocenters. The number of hydrogen-bond acceptors (Lipinski definition) is 7. The van der Waals surface area contributed by atoms with E-state index in [1.54, 1.807) is 12.1 Å². The van der Waals surface area contributed by atoms with Crippen LogP contribution in [0.25, 0.3) is 11.3 Å². The van der Waals surface area contributed by atoms with Crippen LogP contribution in [0.5, 0.6) is 0 Å². The van der Waals surface area contributed by atoms with Gasteiger partial charge in [0, 0.05) is 33.2 Å². The predicted octanol–water partition coefficient (Wildman–Crippen LogP) is 4.72. The zero-order valence-electron chi connectivity index (χ0n) is 15.3. The topological polar surface area (TPSA) is 111 Å². The van der Waals surface area contributed by atoms with Crippen LogP contribution in [0.1, 0.15) is 25.6 Å². The molecule has 2 aromatic carbocycles. The number of non-ortho nitro benzene ring substituents is 1. The zero-order chi connectivity index (χ0) is 21.1. The minimum absolute atomic E-state index is 0.0551. The summed E-state index contributed by atoms with van der Waals surface area (Å²) < 4.78 is 4.59. The van der Waals surface area contributed by atoms with Crippen LogP contribution >= 0.6 is 22.9 Å². The average molecular weight is 432 g/mol. The number of nitrogens with one attached hydrogen (secondary N) is 1. The molecule has 1 aromatic heterocycles. The number of esters is 1. The molecule has 0 aliphatic rings. The third-order valence-electron chi connectivity index (χ3n) is 3.95. The second-order valence-electron chi connectivity index (χ2n) is 5.90. The summed E-state index contributed by atoms with van der Waals surface area (Å²) in [6.45, 7) is 1.86. The summed E-state index contributed by atoms with van der Waals surface area (Å²) >= 11 is 7.17. The Morgan fingerprint density at radius 2 is 1.83 bits per heavy atom. The summed E-state index contributed by atoms with van der Waals surface area (Å²) in [7, 11) is 1.15. The van der Waals surface area contributed by atoms with Crippen LogP contribution in [0.15, 0.2) is 42.5 Å². The molecule has 0 spiro atoms. The molecule has 148 valence electrons. The van der Waals surface area contributed by atoms with Gasteiger partial charge in [0.1, 0.15) is 0 Å². The third kappa shape index (κ3) is 4.58. The monoisotopic (exact) mass is 431 g/mol. The molecule has 0 aliphatic heterocycles. The Labute approximate surface area is 174 Å². The predicted molar refractivity (Wildman–Crippen MR) is 110 cm³/mol. The van der Waals surface area contributed by atoms with Gasteiger partial charge < -0.3 is 4.74 Å².